The van der Waals surface area contributed by atoms with Crippen molar-refractivity contribution in [1.29, 1.82) is 0 Å². The summed E-state index contributed by atoms with van der Waals surface area (Å²) >= 11 is 5.75. The molecular weight excluding hydrogens is 254 g/mol. The number of H-pyrrole nitrogens is 1. The van der Waals surface area contributed by atoms with Gasteiger partial charge >= 0.3 is 0 Å². The predicted octanol–water partition coefficient (Wildman–Crippen LogP) is 2.49. The van der Waals surface area contributed by atoms with Crippen molar-refractivity contribution in [1.82, 2.24) is 4.98 Å². The zero-order chi connectivity index (χ0) is 12.8. The number of aromatic nitrogens is 1. The van der Waals surface area contributed by atoms with Crippen molar-refractivity contribution in [3.63, 3.8) is 0 Å². The third kappa shape index (κ3) is 3.53. The summed E-state index contributed by atoms with van der Waals surface area (Å²) in [5, 5.41) is 0.661. The van der Waals surface area contributed by atoms with Crippen molar-refractivity contribution in [3.8, 4) is 11.5 Å². The number of benzene rings is 1. The molecule has 0 aliphatic heterocycles. The zero-order valence-corrected chi connectivity index (χ0v) is 10.3. The van der Waals surface area contributed by atoms with Crippen LogP contribution in [0.3, 0.4) is 0 Å². The van der Waals surface area contributed by atoms with E-state index in [1.54, 1.807) is 42.6 Å². The van der Waals surface area contributed by atoms with Gasteiger partial charge in [0.1, 0.15) is 19.0 Å². The van der Waals surface area contributed by atoms with E-state index in [4.69, 9.17) is 21.1 Å². The highest BCUT2D eigenvalue weighted by Gasteiger charge is 1.99. The third-order valence-corrected chi connectivity index (χ3v) is 2.46. The molecule has 0 saturated heterocycles. The van der Waals surface area contributed by atoms with E-state index in [1.165, 1.54) is 0 Å². The van der Waals surface area contributed by atoms with E-state index in [1.807, 2.05) is 0 Å². The van der Waals surface area contributed by atoms with Crippen molar-refractivity contribution in [3.05, 3.63) is 58.0 Å². The number of ether oxygens (including phenoxy) is 2. The Balaban J connectivity index is 1.78. The second-order valence-corrected chi connectivity index (χ2v) is 3.95. The Kier molecular flexibility index (Phi) is 4.25. The van der Waals surface area contributed by atoms with E-state index >= 15 is 0 Å². The van der Waals surface area contributed by atoms with Crippen LogP contribution in [0.2, 0.25) is 5.02 Å². The second-order valence-electron chi connectivity index (χ2n) is 3.51. The number of rotatable bonds is 5. The molecule has 0 fully saturated rings. The van der Waals surface area contributed by atoms with Gasteiger partial charge in [-0.05, 0) is 36.4 Å². The molecule has 0 saturated carbocycles. The van der Waals surface area contributed by atoms with Crippen molar-refractivity contribution < 1.29 is 9.47 Å². The minimum absolute atomic E-state index is 0.246. The van der Waals surface area contributed by atoms with Crippen molar-refractivity contribution in [2.75, 3.05) is 13.2 Å². The SMILES string of the molecule is O=c1[nH]cccc1OCCOc1ccc(Cl)cc1. The fraction of sp³-hybridized carbons (Fsp3) is 0.154. The lowest BCUT2D eigenvalue weighted by atomic mass is 10.3. The molecule has 1 aromatic heterocycles. The normalized spacial score (nSPS) is 10.1. The van der Waals surface area contributed by atoms with Gasteiger partial charge in [-0.1, -0.05) is 11.6 Å². The van der Waals surface area contributed by atoms with Crippen LogP contribution in [0.4, 0.5) is 0 Å². The number of nitrogens with one attached hydrogen (secondary N) is 1. The van der Waals surface area contributed by atoms with Crippen LogP contribution in [0.25, 0.3) is 0 Å². The van der Waals surface area contributed by atoms with Gasteiger partial charge in [0, 0.05) is 11.2 Å². The maximum Gasteiger partial charge on any atom is 0.290 e. The molecule has 2 rings (SSSR count). The number of halogens is 1. The summed E-state index contributed by atoms with van der Waals surface area (Å²) in [6.07, 6.45) is 1.55. The Morgan fingerprint density at radius 3 is 2.50 bits per heavy atom. The lowest BCUT2D eigenvalue weighted by Gasteiger charge is -2.07. The van der Waals surface area contributed by atoms with Crippen molar-refractivity contribution in [2.24, 2.45) is 0 Å². The molecule has 1 heterocycles. The first kappa shape index (κ1) is 12.5. The molecule has 5 heteroatoms. The second kappa shape index (κ2) is 6.12. The van der Waals surface area contributed by atoms with Crippen LogP contribution in [0.5, 0.6) is 11.5 Å². The van der Waals surface area contributed by atoms with Gasteiger partial charge in [0.25, 0.3) is 5.56 Å². The molecule has 0 aliphatic carbocycles. The molecule has 2 aromatic rings. The molecule has 0 radical (unpaired) electrons. The molecular formula is C13H12ClNO3. The van der Waals surface area contributed by atoms with E-state index in [-0.39, 0.29) is 11.3 Å². The molecule has 18 heavy (non-hydrogen) atoms. The Hall–Kier alpha value is -1.94. The van der Waals surface area contributed by atoms with Gasteiger partial charge in [0.05, 0.1) is 0 Å². The van der Waals surface area contributed by atoms with Crippen LogP contribution in [0.15, 0.2) is 47.4 Å². The van der Waals surface area contributed by atoms with Gasteiger partial charge in [-0.25, -0.2) is 0 Å². The van der Waals surface area contributed by atoms with E-state index < -0.39 is 0 Å². The number of aromatic amines is 1. The van der Waals surface area contributed by atoms with Gasteiger partial charge in [0.15, 0.2) is 5.75 Å². The van der Waals surface area contributed by atoms with Gasteiger partial charge in [-0.3, -0.25) is 4.79 Å². The monoisotopic (exact) mass is 265 g/mol. The first-order chi connectivity index (χ1) is 8.75. The van der Waals surface area contributed by atoms with Crippen LogP contribution < -0.4 is 15.0 Å². The van der Waals surface area contributed by atoms with E-state index in [0.29, 0.717) is 24.0 Å². The molecule has 1 aromatic carbocycles. The summed E-state index contributed by atoms with van der Waals surface area (Å²) in [4.78, 5) is 13.8. The number of hydrogen-bond acceptors (Lipinski definition) is 3. The Bertz CT molecular complexity index is 551. The molecule has 0 unspecified atom stereocenters. The molecule has 0 spiro atoms. The fourth-order valence-corrected chi connectivity index (χ4v) is 1.49. The minimum atomic E-state index is -0.246. The first-order valence-electron chi connectivity index (χ1n) is 5.44. The average molecular weight is 266 g/mol. The average Bonchev–Trinajstić information content (AvgIpc) is 2.39. The number of pyridine rings is 1. The van der Waals surface area contributed by atoms with Crippen molar-refractivity contribution in [2.45, 2.75) is 0 Å². The Labute approximate surface area is 109 Å². The summed E-state index contributed by atoms with van der Waals surface area (Å²) in [5.74, 6) is 1.00. The Morgan fingerprint density at radius 2 is 1.78 bits per heavy atom. The molecule has 1 N–H and O–H groups in total. The molecule has 0 amide bonds. The number of hydrogen-bond donors (Lipinski definition) is 1. The third-order valence-electron chi connectivity index (χ3n) is 2.21. The molecule has 0 bridgehead atoms. The van der Waals surface area contributed by atoms with Crippen molar-refractivity contribution >= 4 is 11.6 Å². The smallest absolute Gasteiger partial charge is 0.290 e. The lowest BCUT2D eigenvalue weighted by molar-refractivity contribution is 0.215. The Morgan fingerprint density at radius 1 is 1.06 bits per heavy atom. The molecule has 0 aliphatic rings. The lowest BCUT2D eigenvalue weighted by Crippen LogP contribution is -2.15. The molecule has 0 atom stereocenters. The maximum atomic E-state index is 11.3. The van der Waals surface area contributed by atoms with E-state index in [9.17, 15) is 4.79 Å². The van der Waals surface area contributed by atoms with Crippen LogP contribution in [-0.4, -0.2) is 18.2 Å². The van der Waals surface area contributed by atoms with Crippen LogP contribution in [0.1, 0.15) is 0 Å². The highest BCUT2D eigenvalue weighted by atomic mass is 35.5. The zero-order valence-electron chi connectivity index (χ0n) is 9.56. The van der Waals surface area contributed by atoms with Gasteiger partial charge in [-0.15, -0.1) is 0 Å². The first-order valence-corrected chi connectivity index (χ1v) is 5.82. The highest BCUT2D eigenvalue weighted by Crippen LogP contribution is 2.15. The standard InChI is InChI=1S/C13H12ClNO3/c14-10-3-5-11(6-4-10)17-8-9-18-12-2-1-7-15-13(12)16/h1-7H,8-9H2,(H,15,16). The molecule has 4 nitrogen and oxygen atoms in total. The topological polar surface area (TPSA) is 51.3 Å². The maximum absolute atomic E-state index is 11.3. The molecule has 94 valence electrons. The van der Waals surface area contributed by atoms with Gasteiger partial charge in [0.2, 0.25) is 0 Å². The van der Waals surface area contributed by atoms with E-state index in [2.05, 4.69) is 4.98 Å². The van der Waals surface area contributed by atoms with Gasteiger partial charge in [-0.2, -0.15) is 0 Å². The summed E-state index contributed by atoms with van der Waals surface area (Å²) in [5.41, 5.74) is -0.246. The van der Waals surface area contributed by atoms with E-state index in [0.717, 1.165) is 0 Å². The van der Waals surface area contributed by atoms with Crippen LogP contribution >= 0.6 is 11.6 Å². The quantitative estimate of drug-likeness (QED) is 0.845. The fourth-order valence-electron chi connectivity index (χ4n) is 1.36. The summed E-state index contributed by atoms with van der Waals surface area (Å²) in [6.45, 7) is 0.658. The minimum Gasteiger partial charge on any atom is -0.490 e. The largest absolute Gasteiger partial charge is 0.490 e. The van der Waals surface area contributed by atoms with Crippen LogP contribution in [-0.2, 0) is 0 Å². The summed E-state index contributed by atoms with van der Waals surface area (Å²) in [6, 6.07) is 10.4. The predicted molar refractivity (Wildman–Crippen MR) is 69.5 cm³/mol. The highest BCUT2D eigenvalue weighted by molar-refractivity contribution is 6.30. The van der Waals surface area contributed by atoms with Crippen LogP contribution in [0, 0.1) is 0 Å². The summed E-state index contributed by atoms with van der Waals surface area (Å²) in [7, 11) is 0. The van der Waals surface area contributed by atoms with Gasteiger partial charge < -0.3 is 14.5 Å². The summed E-state index contributed by atoms with van der Waals surface area (Å²) < 4.78 is 10.7.